The molecule has 9 heteroatoms. The van der Waals surface area contributed by atoms with Gasteiger partial charge in [-0.15, -0.1) is 11.3 Å². The van der Waals surface area contributed by atoms with Gasteiger partial charge in [-0.25, -0.2) is 22.5 Å². The molecule has 0 spiro atoms. The molecule has 2 rings (SSSR count). The second kappa shape index (κ2) is 5.99. The number of nitrogens with one attached hydrogen (secondary N) is 1. The minimum absolute atomic E-state index is 0.000575. The zero-order valence-electron chi connectivity index (χ0n) is 11.2. The van der Waals surface area contributed by atoms with Gasteiger partial charge in [-0.3, -0.25) is 0 Å². The van der Waals surface area contributed by atoms with E-state index in [4.69, 9.17) is 5.73 Å². The number of aryl methyl sites for hydroxylation is 1. The molecule has 1 aromatic carbocycles. The molecule has 0 fully saturated rings. The number of hydrogen-bond donors (Lipinski definition) is 2. The molecule has 0 bridgehead atoms. The van der Waals surface area contributed by atoms with Gasteiger partial charge in [-0.05, 0) is 41.9 Å². The summed E-state index contributed by atoms with van der Waals surface area (Å²) in [4.78, 5) is 3.72. The molecule has 2 aromatic rings. The first-order valence-electron chi connectivity index (χ1n) is 5.89. The number of benzene rings is 1. The Kier molecular flexibility index (Phi) is 4.66. The summed E-state index contributed by atoms with van der Waals surface area (Å²) >= 11 is 4.28. The third kappa shape index (κ3) is 3.60. The van der Waals surface area contributed by atoms with Crippen LogP contribution in [0.2, 0.25) is 0 Å². The SMILES string of the molecule is Cc1csc(C(C)NS(=O)(=O)c2cc(N)cc(Br)c2F)n1. The fourth-order valence-electron chi connectivity index (χ4n) is 1.70. The first kappa shape index (κ1) is 16.3. The molecule has 114 valence electrons. The number of anilines is 1. The highest BCUT2D eigenvalue weighted by molar-refractivity contribution is 9.10. The van der Waals surface area contributed by atoms with Gasteiger partial charge < -0.3 is 5.73 Å². The van der Waals surface area contributed by atoms with E-state index in [1.165, 1.54) is 17.4 Å². The Labute approximate surface area is 134 Å². The van der Waals surface area contributed by atoms with Crippen molar-refractivity contribution in [1.82, 2.24) is 9.71 Å². The van der Waals surface area contributed by atoms with E-state index in [0.717, 1.165) is 11.8 Å². The smallest absolute Gasteiger partial charge is 0.244 e. The number of nitrogens with zero attached hydrogens (tertiary/aromatic N) is 1. The second-order valence-corrected chi connectivity index (χ2v) is 7.91. The third-order valence-corrected chi connectivity index (χ3v) is 5.91. The molecule has 1 aromatic heterocycles. The summed E-state index contributed by atoms with van der Waals surface area (Å²) in [6, 6.07) is 1.83. The van der Waals surface area contributed by atoms with Gasteiger partial charge in [0.05, 0.1) is 10.5 Å². The molecule has 0 aliphatic heterocycles. The van der Waals surface area contributed by atoms with Gasteiger partial charge in [0.25, 0.3) is 0 Å². The van der Waals surface area contributed by atoms with E-state index < -0.39 is 26.8 Å². The predicted octanol–water partition coefficient (Wildman–Crippen LogP) is 2.97. The molecule has 0 amide bonds. The van der Waals surface area contributed by atoms with E-state index in [1.54, 1.807) is 6.92 Å². The summed E-state index contributed by atoms with van der Waals surface area (Å²) < 4.78 is 41.0. The Morgan fingerprint density at radius 2 is 2.14 bits per heavy atom. The van der Waals surface area contributed by atoms with Gasteiger partial charge in [-0.1, -0.05) is 0 Å². The van der Waals surface area contributed by atoms with E-state index in [0.29, 0.717) is 5.01 Å². The number of sulfonamides is 1. The topological polar surface area (TPSA) is 85.1 Å². The average Bonchev–Trinajstić information content (AvgIpc) is 2.80. The van der Waals surface area contributed by atoms with Crippen molar-refractivity contribution in [3.8, 4) is 0 Å². The second-order valence-electron chi connectivity index (χ2n) is 4.48. The Bertz CT molecular complexity index is 777. The Hall–Kier alpha value is -1.03. The minimum atomic E-state index is -4.04. The normalized spacial score (nSPS) is 13.3. The third-order valence-electron chi connectivity index (χ3n) is 2.65. The molecule has 0 saturated heterocycles. The highest BCUT2D eigenvalue weighted by Crippen LogP contribution is 2.27. The molecular weight excluding hydrogens is 381 g/mol. The zero-order valence-corrected chi connectivity index (χ0v) is 14.4. The van der Waals surface area contributed by atoms with E-state index in [-0.39, 0.29) is 10.2 Å². The van der Waals surface area contributed by atoms with Crippen molar-refractivity contribution in [3.05, 3.63) is 38.5 Å². The number of nitrogens with two attached hydrogens (primary N) is 1. The van der Waals surface area contributed by atoms with Crippen LogP contribution >= 0.6 is 27.3 Å². The van der Waals surface area contributed by atoms with Crippen LogP contribution < -0.4 is 10.5 Å². The van der Waals surface area contributed by atoms with Gasteiger partial charge >= 0.3 is 0 Å². The summed E-state index contributed by atoms with van der Waals surface area (Å²) in [5.74, 6) is -0.876. The fourth-order valence-corrected chi connectivity index (χ4v) is 4.53. The van der Waals surface area contributed by atoms with Gasteiger partial charge in [-0.2, -0.15) is 0 Å². The van der Waals surface area contributed by atoms with Crippen LogP contribution in [-0.4, -0.2) is 13.4 Å². The number of halogens is 2. The lowest BCUT2D eigenvalue weighted by Crippen LogP contribution is -2.27. The number of aromatic nitrogens is 1. The largest absolute Gasteiger partial charge is 0.399 e. The van der Waals surface area contributed by atoms with E-state index in [1.807, 2.05) is 12.3 Å². The molecule has 5 nitrogen and oxygen atoms in total. The van der Waals surface area contributed by atoms with Crippen LogP contribution in [0.3, 0.4) is 0 Å². The molecule has 1 heterocycles. The quantitative estimate of drug-likeness (QED) is 0.781. The van der Waals surface area contributed by atoms with E-state index in [2.05, 4.69) is 25.6 Å². The van der Waals surface area contributed by atoms with Crippen molar-refractivity contribution in [2.24, 2.45) is 0 Å². The van der Waals surface area contributed by atoms with Gasteiger partial charge in [0.1, 0.15) is 9.90 Å². The van der Waals surface area contributed by atoms with Crippen molar-refractivity contribution in [1.29, 1.82) is 0 Å². The lowest BCUT2D eigenvalue weighted by molar-refractivity contribution is 0.544. The Balaban J connectivity index is 2.35. The zero-order chi connectivity index (χ0) is 15.8. The minimum Gasteiger partial charge on any atom is -0.399 e. The summed E-state index contributed by atoms with van der Waals surface area (Å²) in [7, 11) is -4.04. The molecule has 0 saturated carbocycles. The fraction of sp³-hybridized carbons (Fsp3) is 0.250. The monoisotopic (exact) mass is 393 g/mol. The van der Waals surface area contributed by atoms with Crippen molar-refractivity contribution < 1.29 is 12.8 Å². The van der Waals surface area contributed by atoms with Crippen molar-refractivity contribution in [2.75, 3.05) is 5.73 Å². The van der Waals surface area contributed by atoms with Gasteiger partial charge in [0, 0.05) is 16.8 Å². The molecule has 1 atom stereocenters. The Morgan fingerprint density at radius 3 is 2.71 bits per heavy atom. The molecule has 0 aliphatic carbocycles. The van der Waals surface area contributed by atoms with E-state index >= 15 is 0 Å². The molecule has 0 radical (unpaired) electrons. The highest BCUT2D eigenvalue weighted by atomic mass is 79.9. The Morgan fingerprint density at radius 1 is 1.48 bits per heavy atom. The summed E-state index contributed by atoms with van der Waals surface area (Å²) in [6.07, 6.45) is 0. The lowest BCUT2D eigenvalue weighted by atomic mass is 10.3. The standard InChI is InChI=1S/C12H13BrFN3O2S2/c1-6-5-20-12(16-6)7(2)17-21(18,19)10-4-8(15)3-9(13)11(10)14/h3-5,7,17H,15H2,1-2H3. The van der Waals surface area contributed by atoms with Crippen molar-refractivity contribution in [3.63, 3.8) is 0 Å². The molecule has 21 heavy (non-hydrogen) atoms. The molecular formula is C12H13BrFN3O2S2. The predicted molar refractivity (Wildman–Crippen MR) is 84.1 cm³/mol. The number of hydrogen-bond acceptors (Lipinski definition) is 5. The summed E-state index contributed by atoms with van der Waals surface area (Å²) in [5.41, 5.74) is 6.53. The van der Waals surface area contributed by atoms with Crippen LogP contribution in [0.1, 0.15) is 23.7 Å². The number of thiazole rings is 1. The first-order chi connectivity index (χ1) is 9.70. The van der Waals surface area contributed by atoms with Crippen LogP contribution in [0.5, 0.6) is 0 Å². The number of nitrogen functional groups attached to an aromatic ring is 1. The first-order valence-corrected chi connectivity index (χ1v) is 9.05. The maximum atomic E-state index is 14.0. The highest BCUT2D eigenvalue weighted by Gasteiger charge is 2.25. The average molecular weight is 394 g/mol. The molecule has 3 N–H and O–H groups in total. The van der Waals surface area contributed by atoms with Crippen LogP contribution in [0.4, 0.5) is 10.1 Å². The molecule has 1 unspecified atom stereocenters. The summed E-state index contributed by atoms with van der Waals surface area (Å²) in [6.45, 7) is 3.46. The van der Waals surface area contributed by atoms with Crippen molar-refractivity contribution in [2.45, 2.75) is 24.8 Å². The lowest BCUT2D eigenvalue weighted by Gasteiger charge is -2.13. The van der Waals surface area contributed by atoms with Crippen LogP contribution in [0.15, 0.2) is 26.9 Å². The maximum absolute atomic E-state index is 14.0. The van der Waals surface area contributed by atoms with Crippen LogP contribution in [0, 0.1) is 12.7 Å². The van der Waals surface area contributed by atoms with E-state index in [9.17, 15) is 12.8 Å². The number of rotatable bonds is 4. The summed E-state index contributed by atoms with van der Waals surface area (Å²) in [5, 5.41) is 2.43. The van der Waals surface area contributed by atoms with Crippen LogP contribution in [-0.2, 0) is 10.0 Å². The van der Waals surface area contributed by atoms with Gasteiger partial charge in [0.2, 0.25) is 10.0 Å². The maximum Gasteiger partial charge on any atom is 0.244 e. The van der Waals surface area contributed by atoms with Crippen molar-refractivity contribution >= 4 is 43.0 Å². The van der Waals surface area contributed by atoms with Gasteiger partial charge in [0.15, 0.2) is 5.82 Å². The molecule has 0 aliphatic rings. The van der Waals surface area contributed by atoms with Crippen LogP contribution in [0.25, 0.3) is 0 Å².